The Morgan fingerprint density at radius 3 is 2.28 bits per heavy atom. The molecule has 0 aliphatic rings. The van der Waals surface area contributed by atoms with Crippen LogP contribution in [0.3, 0.4) is 0 Å². The molecule has 0 saturated carbocycles. The first kappa shape index (κ1) is 25.9. The zero-order chi connectivity index (χ0) is 23.4. The number of unbranched alkanes of at least 4 members (excludes halogenated alkanes) is 8. The van der Waals surface area contributed by atoms with Crippen molar-refractivity contribution in [3.05, 3.63) is 65.5 Å². The van der Waals surface area contributed by atoms with Gasteiger partial charge in [0.05, 0.1) is 4.90 Å². The van der Waals surface area contributed by atoms with Crippen LogP contribution in [0.5, 0.6) is 0 Å². The number of aromatic nitrogens is 1. The molecule has 7 heteroatoms. The van der Waals surface area contributed by atoms with Crippen molar-refractivity contribution in [3.8, 4) is 0 Å². The van der Waals surface area contributed by atoms with E-state index in [2.05, 4.69) is 24.1 Å². The molecule has 0 bridgehead atoms. The first-order valence-corrected chi connectivity index (χ1v) is 13.0. The number of hydrogen-bond donors (Lipinski definition) is 2. The second-order valence-corrected chi connectivity index (χ2v) is 10.1. The number of rotatable bonds is 14. The molecule has 0 atom stereocenters. The minimum atomic E-state index is -4.11. The predicted molar refractivity (Wildman–Crippen MR) is 130 cm³/mol. The number of carbonyl (C=O) groups excluding carboxylic acids is 1. The number of nitrogens with two attached hydrogens (primary N) is 1. The lowest BCUT2D eigenvalue weighted by Gasteiger charge is -2.16. The minimum absolute atomic E-state index is 0.0189. The molecule has 0 radical (unpaired) electrons. The summed E-state index contributed by atoms with van der Waals surface area (Å²) < 4.78 is 25.5. The number of hydrazine groups is 1. The van der Waals surface area contributed by atoms with Gasteiger partial charge in [-0.25, -0.2) is 5.84 Å². The normalized spacial score (nSPS) is 11.8. The zero-order valence-electron chi connectivity index (χ0n) is 19.3. The van der Waals surface area contributed by atoms with Gasteiger partial charge in [-0.15, -0.1) is 0 Å². The van der Waals surface area contributed by atoms with Crippen molar-refractivity contribution in [1.29, 1.82) is 0 Å². The molecule has 0 saturated heterocycles. The molecule has 6 nitrogen and oxygen atoms in total. The number of hydrogen-bond acceptors (Lipinski definition) is 4. The van der Waals surface area contributed by atoms with Crippen molar-refractivity contribution in [2.45, 2.75) is 83.0 Å². The summed E-state index contributed by atoms with van der Waals surface area (Å²) in [4.78, 5) is 15.4. The fraction of sp³-hybridized carbons (Fsp3) is 0.480. The van der Waals surface area contributed by atoms with Crippen LogP contribution in [-0.2, 0) is 16.4 Å². The summed E-state index contributed by atoms with van der Waals surface area (Å²) in [6.45, 7) is 4.09. The molecule has 0 spiro atoms. The van der Waals surface area contributed by atoms with E-state index in [1.807, 2.05) is 6.92 Å². The lowest BCUT2D eigenvalue weighted by Crippen LogP contribution is -2.42. The van der Waals surface area contributed by atoms with Gasteiger partial charge in [0, 0.05) is 6.20 Å². The highest BCUT2D eigenvalue weighted by molar-refractivity contribution is 7.89. The SMILES string of the molecule is CCCCCCCCCC/C=C/Cc1c[nH]c(C(=O)N(N)S(=O)(=O)c2ccc(C)cc2)c1. The highest BCUT2D eigenvalue weighted by Crippen LogP contribution is 2.17. The van der Waals surface area contributed by atoms with Crippen LogP contribution >= 0.6 is 0 Å². The first-order valence-electron chi connectivity index (χ1n) is 11.6. The van der Waals surface area contributed by atoms with E-state index >= 15 is 0 Å². The van der Waals surface area contributed by atoms with Crippen LogP contribution in [0, 0.1) is 6.92 Å². The standard InChI is InChI=1S/C25H37N3O3S/c1-3-4-5-6-7-8-9-10-11-12-13-14-22-19-24(27-20-22)25(29)28(26)32(30,31)23-17-15-21(2)16-18-23/h12-13,15-20,27H,3-11,14,26H2,1-2H3/b13-12+. The summed E-state index contributed by atoms with van der Waals surface area (Å²) in [6, 6.07) is 7.85. The van der Waals surface area contributed by atoms with Crippen LogP contribution in [0.2, 0.25) is 0 Å². The predicted octanol–water partition coefficient (Wildman–Crippen LogP) is 5.66. The number of H-pyrrole nitrogens is 1. The molecular weight excluding hydrogens is 422 g/mol. The third kappa shape index (κ3) is 7.95. The lowest BCUT2D eigenvalue weighted by atomic mass is 10.1. The van der Waals surface area contributed by atoms with Crippen LogP contribution in [0.15, 0.2) is 53.6 Å². The Bertz CT molecular complexity index is 963. The van der Waals surface area contributed by atoms with Crippen LogP contribution in [0.1, 0.15) is 86.3 Å². The maximum absolute atomic E-state index is 12.6. The average molecular weight is 460 g/mol. The van der Waals surface area contributed by atoms with Crippen LogP contribution < -0.4 is 5.84 Å². The van der Waals surface area contributed by atoms with Crippen LogP contribution in [0.4, 0.5) is 0 Å². The number of aryl methyl sites for hydroxylation is 1. The Labute approximate surface area is 192 Å². The quantitative estimate of drug-likeness (QED) is 0.125. The molecule has 0 unspecified atom stereocenters. The number of allylic oxidation sites excluding steroid dienone is 2. The maximum Gasteiger partial charge on any atom is 0.298 e. The number of nitrogens with zero attached hydrogens (tertiary/aromatic N) is 1. The summed E-state index contributed by atoms with van der Waals surface area (Å²) in [7, 11) is -4.11. The monoisotopic (exact) mass is 459 g/mol. The van der Waals surface area contributed by atoms with E-state index in [9.17, 15) is 13.2 Å². The summed E-state index contributed by atoms with van der Waals surface area (Å²) in [5.41, 5.74) is 1.97. The Balaban J connectivity index is 1.77. The van der Waals surface area contributed by atoms with E-state index in [1.54, 1.807) is 24.4 Å². The molecular formula is C25H37N3O3S. The van der Waals surface area contributed by atoms with Crippen molar-refractivity contribution in [1.82, 2.24) is 9.40 Å². The van der Waals surface area contributed by atoms with Gasteiger partial charge >= 0.3 is 0 Å². The Morgan fingerprint density at radius 1 is 1.00 bits per heavy atom. The average Bonchev–Trinajstić information content (AvgIpc) is 3.25. The summed E-state index contributed by atoms with van der Waals surface area (Å²) in [6.07, 6.45) is 18.1. The maximum atomic E-state index is 12.6. The highest BCUT2D eigenvalue weighted by Gasteiger charge is 2.28. The van der Waals surface area contributed by atoms with Crippen molar-refractivity contribution in [2.75, 3.05) is 0 Å². The van der Waals surface area contributed by atoms with Crippen molar-refractivity contribution >= 4 is 15.9 Å². The highest BCUT2D eigenvalue weighted by atomic mass is 32.2. The van der Waals surface area contributed by atoms with Gasteiger partial charge in [-0.2, -0.15) is 12.8 Å². The van der Waals surface area contributed by atoms with Crippen molar-refractivity contribution in [2.24, 2.45) is 5.84 Å². The molecule has 1 heterocycles. The molecule has 1 aromatic heterocycles. The lowest BCUT2D eigenvalue weighted by molar-refractivity contribution is 0.0856. The van der Waals surface area contributed by atoms with E-state index in [0.29, 0.717) is 10.8 Å². The van der Waals surface area contributed by atoms with Crippen molar-refractivity contribution < 1.29 is 13.2 Å². The molecule has 0 aliphatic heterocycles. The number of nitrogens with one attached hydrogen (secondary N) is 1. The molecule has 0 aliphatic carbocycles. The summed E-state index contributed by atoms with van der Waals surface area (Å²) in [5, 5.41) is 0. The van der Waals surface area contributed by atoms with Crippen LogP contribution in [0.25, 0.3) is 0 Å². The second kappa shape index (κ2) is 13.2. The molecule has 2 aromatic rings. The molecule has 3 N–H and O–H groups in total. The van der Waals surface area contributed by atoms with Crippen LogP contribution in [-0.4, -0.2) is 23.7 Å². The third-order valence-electron chi connectivity index (χ3n) is 5.50. The molecule has 176 valence electrons. The number of benzene rings is 1. The van der Waals surface area contributed by atoms with E-state index in [-0.39, 0.29) is 10.6 Å². The molecule has 1 amide bonds. The number of carbonyl (C=O) groups is 1. The Hall–Kier alpha value is -2.38. The van der Waals surface area contributed by atoms with Gasteiger partial charge < -0.3 is 4.98 Å². The first-order chi connectivity index (χ1) is 15.4. The van der Waals surface area contributed by atoms with E-state index in [4.69, 9.17) is 5.84 Å². The number of aromatic amines is 1. The van der Waals surface area contributed by atoms with Gasteiger partial charge in [-0.3, -0.25) is 4.79 Å². The topological polar surface area (TPSA) is 96.3 Å². The minimum Gasteiger partial charge on any atom is -0.357 e. The van der Waals surface area contributed by atoms with Gasteiger partial charge in [0.25, 0.3) is 15.9 Å². The molecule has 32 heavy (non-hydrogen) atoms. The summed E-state index contributed by atoms with van der Waals surface area (Å²) >= 11 is 0. The molecule has 0 fully saturated rings. The van der Waals surface area contributed by atoms with Crippen molar-refractivity contribution in [3.63, 3.8) is 0 Å². The van der Waals surface area contributed by atoms with Gasteiger partial charge in [0.15, 0.2) is 0 Å². The molecule has 1 aromatic carbocycles. The summed E-state index contributed by atoms with van der Waals surface area (Å²) in [5.74, 6) is 4.89. The largest absolute Gasteiger partial charge is 0.357 e. The van der Waals surface area contributed by atoms with E-state index in [0.717, 1.165) is 17.5 Å². The zero-order valence-corrected chi connectivity index (χ0v) is 20.2. The van der Waals surface area contributed by atoms with Gasteiger partial charge in [0.1, 0.15) is 5.69 Å². The van der Waals surface area contributed by atoms with Gasteiger partial charge in [-0.05, 0) is 49.9 Å². The number of sulfonamides is 1. The third-order valence-corrected chi connectivity index (χ3v) is 7.05. The van der Waals surface area contributed by atoms with E-state index in [1.165, 1.54) is 63.5 Å². The van der Waals surface area contributed by atoms with E-state index < -0.39 is 15.9 Å². The number of amides is 1. The van der Waals surface area contributed by atoms with Gasteiger partial charge in [-0.1, -0.05) is 81.7 Å². The second-order valence-electron chi connectivity index (χ2n) is 8.28. The smallest absolute Gasteiger partial charge is 0.298 e. The fourth-order valence-electron chi connectivity index (χ4n) is 3.47. The Morgan fingerprint density at radius 2 is 1.62 bits per heavy atom. The van der Waals surface area contributed by atoms with Gasteiger partial charge in [0.2, 0.25) is 0 Å². The Kier molecular flexibility index (Phi) is 10.7. The molecule has 2 rings (SSSR count). The fourth-order valence-corrected chi connectivity index (χ4v) is 4.49.